The highest BCUT2D eigenvalue weighted by Gasteiger charge is 2.47. The summed E-state index contributed by atoms with van der Waals surface area (Å²) in [6.45, 7) is -0.280. The summed E-state index contributed by atoms with van der Waals surface area (Å²) in [4.78, 5) is 56.9. The van der Waals surface area contributed by atoms with Gasteiger partial charge in [0.15, 0.2) is 6.10 Å². The van der Waals surface area contributed by atoms with Crippen LogP contribution >= 0.6 is 0 Å². The fourth-order valence-corrected chi connectivity index (χ4v) is 4.67. The van der Waals surface area contributed by atoms with E-state index in [-0.39, 0.29) is 19.0 Å². The predicted octanol–water partition coefficient (Wildman–Crippen LogP) is 2.73. The van der Waals surface area contributed by atoms with Crippen LogP contribution in [-0.4, -0.2) is 59.8 Å². The third kappa shape index (κ3) is 4.63. The SMILES string of the molecule is CNC(=O)C1CN(C(=O)CN2C(=O)C(c3ccccc3)N(Cc3ccccc3)C2=O)c2ccccc2O1. The van der Waals surface area contributed by atoms with E-state index in [1.165, 1.54) is 16.8 Å². The maximum Gasteiger partial charge on any atom is 0.328 e. The first-order chi connectivity index (χ1) is 18.0. The molecule has 3 aromatic rings. The van der Waals surface area contributed by atoms with Crippen LogP contribution in [0.2, 0.25) is 0 Å². The highest BCUT2D eigenvalue weighted by atomic mass is 16.5. The van der Waals surface area contributed by atoms with E-state index >= 15 is 0 Å². The average Bonchev–Trinajstić information content (AvgIpc) is 3.16. The van der Waals surface area contributed by atoms with Crippen molar-refractivity contribution in [3.05, 3.63) is 96.1 Å². The van der Waals surface area contributed by atoms with Crippen LogP contribution in [0.1, 0.15) is 17.2 Å². The van der Waals surface area contributed by atoms with Crippen molar-refractivity contribution in [3.63, 3.8) is 0 Å². The number of likely N-dealkylation sites (N-methyl/N-ethyl adjacent to an activating group) is 1. The summed E-state index contributed by atoms with van der Waals surface area (Å²) in [6, 6.07) is 23.9. The second-order valence-corrected chi connectivity index (χ2v) is 8.83. The van der Waals surface area contributed by atoms with Gasteiger partial charge in [0.25, 0.3) is 11.8 Å². The molecule has 1 fully saturated rings. The molecule has 5 rings (SSSR count). The summed E-state index contributed by atoms with van der Waals surface area (Å²) in [6.07, 6.45) is -0.916. The van der Waals surface area contributed by atoms with Crippen LogP contribution in [0.4, 0.5) is 10.5 Å². The Labute approximate surface area is 214 Å². The zero-order valence-electron chi connectivity index (χ0n) is 20.2. The average molecular weight is 499 g/mol. The van der Waals surface area contributed by atoms with Crippen molar-refractivity contribution in [2.75, 3.05) is 25.0 Å². The number of urea groups is 1. The summed E-state index contributed by atoms with van der Waals surface area (Å²) >= 11 is 0. The summed E-state index contributed by atoms with van der Waals surface area (Å²) in [5.74, 6) is -0.953. The number of hydrogen-bond donors (Lipinski definition) is 1. The van der Waals surface area contributed by atoms with Crippen molar-refractivity contribution < 1.29 is 23.9 Å². The Bertz CT molecular complexity index is 1330. The van der Waals surface area contributed by atoms with E-state index in [9.17, 15) is 19.2 Å². The van der Waals surface area contributed by atoms with E-state index in [1.807, 2.05) is 48.5 Å². The number of nitrogens with zero attached hydrogens (tertiary/aromatic N) is 3. The first-order valence-electron chi connectivity index (χ1n) is 12.0. The number of ether oxygens (including phenoxy) is 1. The molecule has 1 N–H and O–H groups in total. The summed E-state index contributed by atoms with van der Waals surface area (Å²) < 4.78 is 5.77. The lowest BCUT2D eigenvalue weighted by molar-refractivity contribution is -0.132. The van der Waals surface area contributed by atoms with Crippen molar-refractivity contribution in [2.24, 2.45) is 0 Å². The fraction of sp³-hybridized carbons (Fsp3) is 0.214. The Morgan fingerprint density at radius 1 is 0.919 bits per heavy atom. The van der Waals surface area contributed by atoms with Gasteiger partial charge in [-0.05, 0) is 23.3 Å². The molecule has 2 aliphatic rings. The second-order valence-electron chi connectivity index (χ2n) is 8.83. The molecule has 0 aromatic heterocycles. The van der Waals surface area contributed by atoms with Crippen LogP contribution in [0.25, 0.3) is 0 Å². The van der Waals surface area contributed by atoms with Gasteiger partial charge in [-0.1, -0.05) is 72.8 Å². The minimum atomic E-state index is -0.916. The topological polar surface area (TPSA) is 99.3 Å². The number of nitrogens with one attached hydrogen (secondary N) is 1. The van der Waals surface area contributed by atoms with Crippen LogP contribution < -0.4 is 15.0 Å². The third-order valence-electron chi connectivity index (χ3n) is 6.51. The Hall–Kier alpha value is -4.66. The maximum absolute atomic E-state index is 13.6. The van der Waals surface area contributed by atoms with E-state index in [0.717, 1.165) is 10.5 Å². The number of fused-ring (bicyclic) bond motifs is 1. The second kappa shape index (κ2) is 10.1. The molecule has 0 spiro atoms. The normalized spacial score (nSPS) is 18.9. The smallest absolute Gasteiger partial charge is 0.328 e. The Balaban J connectivity index is 1.43. The van der Waals surface area contributed by atoms with Gasteiger partial charge in [-0.15, -0.1) is 0 Å². The maximum atomic E-state index is 13.6. The molecule has 0 saturated carbocycles. The van der Waals surface area contributed by atoms with Gasteiger partial charge in [0.2, 0.25) is 5.91 Å². The van der Waals surface area contributed by atoms with Crippen molar-refractivity contribution >= 4 is 29.4 Å². The van der Waals surface area contributed by atoms with Crippen LogP contribution in [0.5, 0.6) is 5.75 Å². The van der Waals surface area contributed by atoms with Gasteiger partial charge in [0, 0.05) is 13.6 Å². The molecule has 2 unspecified atom stereocenters. The first-order valence-corrected chi connectivity index (χ1v) is 12.0. The largest absolute Gasteiger partial charge is 0.477 e. The fourth-order valence-electron chi connectivity index (χ4n) is 4.67. The molecule has 9 nitrogen and oxygen atoms in total. The Morgan fingerprint density at radius 2 is 1.57 bits per heavy atom. The molecule has 188 valence electrons. The molecule has 5 amide bonds. The van der Waals surface area contributed by atoms with Gasteiger partial charge in [-0.25, -0.2) is 4.79 Å². The number of carbonyl (C=O) groups is 4. The molecule has 2 aliphatic heterocycles. The molecule has 0 bridgehead atoms. The van der Waals surface area contributed by atoms with Gasteiger partial charge in [-0.2, -0.15) is 0 Å². The number of amides is 5. The summed E-state index contributed by atoms with van der Waals surface area (Å²) in [5.41, 5.74) is 2.02. The molecule has 3 aromatic carbocycles. The molecule has 0 aliphatic carbocycles. The van der Waals surface area contributed by atoms with Gasteiger partial charge < -0.3 is 19.9 Å². The van der Waals surface area contributed by atoms with Crippen LogP contribution in [0.3, 0.4) is 0 Å². The van der Waals surface area contributed by atoms with Crippen LogP contribution in [0, 0.1) is 0 Å². The van der Waals surface area contributed by atoms with Gasteiger partial charge in [0.05, 0.1) is 12.2 Å². The summed E-state index contributed by atoms with van der Waals surface area (Å²) in [7, 11) is 1.49. The molecular formula is C28H26N4O5. The number of hydrogen-bond acceptors (Lipinski definition) is 5. The molecule has 2 atom stereocenters. The molecule has 2 heterocycles. The minimum Gasteiger partial charge on any atom is -0.477 e. The highest BCUT2D eigenvalue weighted by molar-refractivity contribution is 6.09. The third-order valence-corrected chi connectivity index (χ3v) is 6.51. The molecule has 1 saturated heterocycles. The first kappa shape index (κ1) is 24.1. The quantitative estimate of drug-likeness (QED) is 0.527. The highest BCUT2D eigenvalue weighted by Crippen LogP contribution is 2.35. The van der Waals surface area contributed by atoms with E-state index in [4.69, 9.17) is 4.74 Å². The van der Waals surface area contributed by atoms with Crippen molar-refractivity contribution in [3.8, 4) is 5.75 Å². The number of imide groups is 1. The lowest BCUT2D eigenvalue weighted by atomic mass is 10.1. The van der Waals surface area contributed by atoms with Crippen molar-refractivity contribution in [2.45, 2.75) is 18.7 Å². The Kier molecular flexibility index (Phi) is 6.59. The standard InChI is InChI=1S/C28H26N4O5/c1-29-26(34)23-17-30(21-14-8-9-15-22(21)37-23)24(33)18-32-27(35)25(20-12-6-3-7-13-20)31(28(32)36)16-19-10-4-2-5-11-19/h2-15,23,25H,16-18H2,1H3,(H,29,34). The van der Waals surface area contributed by atoms with Gasteiger partial charge in [-0.3, -0.25) is 19.3 Å². The molecule has 9 heteroatoms. The van der Waals surface area contributed by atoms with E-state index in [0.29, 0.717) is 17.0 Å². The number of benzene rings is 3. The monoisotopic (exact) mass is 498 g/mol. The van der Waals surface area contributed by atoms with Crippen molar-refractivity contribution in [1.82, 2.24) is 15.1 Å². The minimum absolute atomic E-state index is 0.0401. The predicted molar refractivity (Wildman–Crippen MR) is 136 cm³/mol. The van der Waals surface area contributed by atoms with Crippen molar-refractivity contribution in [1.29, 1.82) is 0 Å². The van der Waals surface area contributed by atoms with Crippen LogP contribution in [-0.2, 0) is 20.9 Å². The zero-order chi connectivity index (χ0) is 25.9. The number of rotatable bonds is 6. The van der Waals surface area contributed by atoms with Gasteiger partial charge >= 0.3 is 6.03 Å². The Morgan fingerprint density at radius 3 is 2.27 bits per heavy atom. The van der Waals surface area contributed by atoms with Crippen LogP contribution in [0.15, 0.2) is 84.9 Å². The molecule has 37 heavy (non-hydrogen) atoms. The number of para-hydroxylation sites is 2. The number of carbonyl (C=O) groups excluding carboxylic acids is 4. The van der Waals surface area contributed by atoms with E-state index in [2.05, 4.69) is 5.32 Å². The molecule has 0 radical (unpaired) electrons. The van der Waals surface area contributed by atoms with E-state index in [1.54, 1.807) is 36.4 Å². The lowest BCUT2D eigenvalue weighted by Crippen LogP contribution is -2.52. The summed E-state index contributed by atoms with van der Waals surface area (Å²) in [5, 5.41) is 2.54. The molecular weight excluding hydrogens is 472 g/mol. The van der Waals surface area contributed by atoms with E-state index < -0.39 is 36.5 Å². The van der Waals surface area contributed by atoms with Gasteiger partial charge in [0.1, 0.15) is 18.3 Å². The number of anilines is 1. The zero-order valence-corrected chi connectivity index (χ0v) is 20.2. The lowest BCUT2D eigenvalue weighted by Gasteiger charge is -2.34.